The third kappa shape index (κ3) is 5.28. The van der Waals surface area contributed by atoms with Gasteiger partial charge >= 0.3 is 5.97 Å². The number of carboxylic acids is 1. The van der Waals surface area contributed by atoms with Gasteiger partial charge in [-0.15, -0.1) is 0 Å². The molecule has 1 unspecified atom stereocenters. The number of hydrogen-bond acceptors (Lipinski definition) is 4. The highest BCUT2D eigenvalue weighted by molar-refractivity contribution is 7.89. The molecule has 0 aromatic heterocycles. The van der Waals surface area contributed by atoms with Crippen LogP contribution in [0.2, 0.25) is 0 Å². The van der Waals surface area contributed by atoms with Crippen molar-refractivity contribution in [2.45, 2.75) is 57.4 Å². The molecule has 0 spiro atoms. The number of carboxylic acid groups (broad SMARTS) is 1. The second-order valence-electron chi connectivity index (χ2n) is 6.27. The number of carbonyl (C=O) groups excluding carboxylic acids is 1. The molecule has 0 radical (unpaired) electrons. The third-order valence-electron chi connectivity index (χ3n) is 4.50. The minimum atomic E-state index is -3.50. The molecule has 0 heterocycles. The van der Waals surface area contributed by atoms with Crippen molar-refractivity contribution in [2.75, 3.05) is 13.1 Å². The second-order valence-corrected chi connectivity index (χ2v) is 8.21. The summed E-state index contributed by atoms with van der Waals surface area (Å²) in [5.41, 5.74) is -0.467. The molecule has 146 valence electrons. The largest absolute Gasteiger partial charge is 0.480 e. The molecule has 8 heteroatoms. The zero-order valence-electron chi connectivity index (χ0n) is 15.8. The van der Waals surface area contributed by atoms with E-state index in [1.807, 2.05) is 0 Å². The summed E-state index contributed by atoms with van der Waals surface area (Å²) in [5, 5.41) is 11.7. The molecule has 7 nitrogen and oxygen atoms in total. The Morgan fingerprint density at radius 1 is 1.12 bits per heavy atom. The highest BCUT2D eigenvalue weighted by Crippen LogP contribution is 2.17. The minimum Gasteiger partial charge on any atom is -0.480 e. The summed E-state index contributed by atoms with van der Waals surface area (Å²) >= 11 is 0. The Labute approximate surface area is 155 Å². The molecule has 0 fully saturated rings. The maximum atomic E-state index is 12.4. The van der Waals surface area contributed by atoms with Crippen LogP contribution in [0.3, 0.4) is 0 Å². The number of rotatable bonds is 10. The molecule has 0 saturated heterocycles. The van der Waals surface area contributed by atoms with Gasteiger partial charge in [-0.05, 0) is 37.5 Å². The average molecular weight is 384 g/mol. The fourth-order valence-corrected chi connectivity index (χ4v) is 3.92. The van der Waals surface area contributed by atoms with E-state index in [9.17, 15) is 23.1 Å². The summed E-state index contributed by atoms with van der Waals surface area (Å²) < 4.78 is 26.2. The van der Waals surface area contributed by atoms with Crippen LogP contribution in [-0.4, -0.2) is 48.3 Å². The van der Waals surface area contributed by atoms with Gasteiger partial charge in [-0.3, -0.25) is 4.79 Å². The quantitative estimate of drug-likeness (QED) is 0.642. The van der Waals surface area contributed by atoms with E-state index < -0.39 is 21.5 Å². The van der Waals surface area contributed by atoms with Crippen molar-refractivity contribution in [1.29, 1.82) is 0 Å². The molecule has 0 bridgehead atoms. The fraction of sp³-hybridized carbons (Fsp3) is 0.556. The van der Waals surface area contributed by atoms with Gasteiger partial charge in [0.25, 0.3) is 0 Å². The van der Waals surface area contributed by atoms with Crippen LogP contribution in [0.5, 0.6) is 0 Å². The fourth-order valence-electron chi connectivity index (χ4n) is 2.46. The smallest absolute Gasteiger partial charge is 0.329 e. The van der Waals surface area contributed by atoms with Crippen LogP contribution in [0.15, 0.2) is 29.2 Å². The van der Waals surface area contributed by atoms with Crippen LogP contribution in [0.4, 0.5) is 0 Å². The molecule has 2 N–H and O–H groups in total. The van der Waals surface area contributed by atoms with E-state index in [0.29, 0.717) is 19.5 Å². The lowest BCUT2D eigenvalue weighted by molar-refractivity contribution is -0.147. The van der Waals surface area contributed by atoms with Gasteiger partial charge in [0.2, 0.25) is 15.9 Å². The van der Waals surface area contributed by atoms with Crippen LogP contribution >= 0.6 is 0 Å². The summed E-state index contributed by atoms with van der Waals surface area (Å²) in [4.78, 5) is 23.5. The first-order chi connectivity index (χ1) is 12.1. The predicted octanol–water partition coefficient (Wildman–Crippen LogP) is 2.02. The Bertz CT molecular complexity index is 726. The first-order valence-electron chi connectivity index (χ1n) is 8.74. The van der Waals surface area contributed by atoms with Crippen LogP contribution < -0.4 is 5.32 Å². The van der Waals surface area contributed by atoms with Crippen LogP contribution in [-0.2, 0) is 26.0 Å². The van der Waals surface area contributed by atoms with Crippen molar-refractivity contribution >= 4 is 21.9 Å². The first-order valence-corrected chi connectivity index (χ1v) is 10.2. The molecule has 0 aliphatic carbocycles. The van der Waals surface area contributed by atoms with Crippen molar-refractivity contribution in [2.24, 2.45) is 0 Å². The molecule has 0 aliphatic rings. The molecule has 0 aliphatic heterocycles. The Kier molecular flexibility index (Phi) is 7.77. The van der Waals surface area contributed by atoms with E-state index in [0.717, 1.165) is 5.56 Å². The Morgan fingerprint density at radius 3 is 2.08 bits per heavy atom. The Balaban J connectivity index is 2.74. The van der Waals surface area contributed by atoms with E-state index in [1.54, 1.807) is 32.9 Å². The number of benzene rings is 1. The summed E-state index contributed by atoms with van der Waals surface area (Å²) in [7, 11) is -3.50. The molecule has 0 saturated carbocycles. The summed E-state index contributed by atoms with van der Waals surface area (Å²) in [6.07, 6.45) is 0.813. The van der Waals surface area contributed by atoms with Gasteiger partial charge in [0.15, 0.2) is 0 Å². The Hall–Kier alpha value is -1.93. The molecule has 1 amide bonds. The third-order valence-corrected chi connectivity index (χ3v) is 6.57. The van der Waals surface area contributed by atoms with Gasteiger partial charge in [0.1, 0.15) is 5.54 Å². The monoisotopic (exact) mass is 384 g/mol. The van der Waals surface area contributed by atoms with E-state index in [4.69, 9.17) is 0 Å². The number of nitrogens with one attached hydrogen (secondary N) is 1. The van der Waals surface area contributed by atoms with Gasteiger partial charge in [-0.25, -0.2) is 13.2 Å². The van der Waals surface area contributed by atoms with E-state index in [2.05, 4.69) is 5.32 Å². The molecule has 1 atom stereocenters. The summed E-state index contributed by atoms with van der Waals surface area (Å²) in [6.45, 7) is 7.55. The summed E-state index contributed by atoms with van der Waals surface area (Å²) in [6, 6.07) is 6.43. The Morgan fingerprint density at radius 2 is 1.65 bits per heavy atom. The maximum Gasteiger partial charge on any atom is 0.329 e. The van der Waals surface area contributed by atoms with Crippen LogP contribution in [0.1, 0.15) is 46.1 Å². The molecule has 1 aromatic rings. The average Bonchev–Trinajstić information content (AvgIpc) is 2.60. The predicted molar refractivity (Wildman–Crippen MR) is 99.3 cm³/mol. The van der Waals surface area contributed by atoms with Crippen molar-refractivity contribution in [3.63, 3.8) is 0 Å². The van der Waals surface area contributed by atoms with Gasteiger partial charge in [-0.1, -0.05) is 32.9 Å². The number of sulfonamides is 1. The maximum absolute atomic E-state index is 12.4. The highest BCUT2D eigenvalue weighted by atomic mass is 32.2. The van der Waals surface area contributed by atoms with Gasteiger partial charge < -0.3 is 10.4 Å². The summed E-state index contributed by atoms with van der Waals surface area (Å²) in [5.74, 6) is -1.42. The van der Waals surface area contributed by atoms with Crippen LogP contribution in [0.25, 0.3) is 0 Å². The van der Waals surface area contributed by atoms with Gasteiger partial charge in [-0.2, -0.15) is 4.31 Å². The highest BCUT2D eigenvalue weighted by Gasteiger charge is 2.32. The molecule has 26 heavy (non-hydrogen) atoms. The van der Waals surface area contributed by atoms with E-state index >= 15 is 0 Å². The van der Waals surface area contributed by atoms with Crippen molar-refractivity contribution in [3.05, 3.63) is 29.8 Å². The number of nitrogens with zero attached hydrogens (tertiary/aromatic N) is 1. The van der Waals surface area contributed by atoms with Crippen molar-refractivity contribution in [1.82, 2.24) is 9.62 Å². The zero-order valence-corrected chi connectivity index (χ0v) is 16.6. The topological polar surface area (TPSA) is 104 Å². The SMILES string of the molecule is CCN(CC)S(=O)(=O)c1ccc(CCC(=O)NC(C)(CC)C(=O)O)cc1. The number of carbonyl (C=O) groups is 2. The molecule has 1 rings (SSSR count). The number of aliphatic carboxylic acids is 1. The van der Waals surface area contributed by atoms with Gasteiger partial charge in [0.05, 0.1) is 4.90 Å². The molecular weight excluding hydrogens is 356 g/mol. The standard InChI is InChI=1S/C18H28N2O5S/c1-5-18(4,17(22)23)19-16(21)13-10-14-8-11-15(12-9-14)26(24,25)20(6-2)7-3/h8-9,11-12H,5-7,10,13H2,1-4H3,(H,19,21)(H,22,23). The lowest BCUT2D eigenvalue weighted by atomic mass is 9.98. The van der Waals surface area contributed by atoms with E-state index in [-0.39, 0.29) is 23.6 Å². The van der Waals surface area contributed by atoms with Crippen molar-refractivity contribution in [3.8, 4) is 0 Å². The van der Waals surface area contributed by atoms with Crippen LogP contribution in [0, 0.1) is 0 Å². The molecular formula is C18H28N2O5S. The van der Waals surface area contributed by atoms with Crippen molar-refractivity contribution < 1.29 is 23.1 Å². The minimum absolute atomic E-state index is 0.130. The number of hydrogen-bond donors (Lipinski definition) is 2. The number of amides is 1. The lowest BCUT2D eigenvalue weighted by Gasteiger charge is -2.24. The van der Waals surface area contributed by atoms with Gasteiger partial charge in [0, 0.05) is 19.5 Å². The number of aryl methyl sites for hydroxylation is 1. The normalized spacial score (nSPS) is 14.0. The zero-order chi connectivity index (χ0) is 20.0. The molecule has 1 aromatic carbocycles. The first kappa shape index (κ1) is 22.1. The lowest BCUT2D eigenvalue weighted by Crippen LogP contribution is -2.51. The second kappa shape index (κ2) is 9.14. The van der Waals surface area contributed by atoms with E-state index in [1.165, 1.54) is 23.4 Å².